The number of carbonyl (C=O) groups excluding carboxylic acids is 1. The van der Waals surface area contributed by atoms with Crippen molar-refractivity contribution in [1.82, 2.24) is 5.32 Å². The van der Waals surface area contributed by atoms with E-state index in [4.69, 9.17) is 10.5 Å². The van der Waals surface area contributed by atoms with Crippen LogP contribution >= 0.6 is 0 Å². The smallest absolute Gasteiger partial charge is 0.249 e. The molecule has 0 aliphatic carbocycles. The minimum Gasteiger partial charge on any atom is -0.368 e. The zero-order chi connectivity index (χ0) is 9.68. The second-order valence-electron chi connectivity index (χ2n) is 3.49. The van der Waals surface area contributed by atoms with E-state index in [2.05, 4.69) is 5.32 Å². The molecule has 2 unspecified atom stereocenters. The summed E-state index contributed by atoms with van der Waals surface area (Å²) < 4.78 is 5.25. The summed E-state index contributed by atoms with van der Waals surface area (Å²) in [5.41, 5.74) is 5.38. The van der Waals surface area contributed by atoms with Crippen LogP contribution in [-0.2, 0) is 9.53 Å². The molecule has 1 amide bonds. The minimum atomic E-state index is -0.222. The largest absolute Gasteiger partial charge is 0.368 e. The van der Waals surface area contributed by atoms with Crippen LogP contribution in [0, 0.1) is 0 Å². The Balaban J connectivity index is 2.23. The van der Waals surface area contributed by atoms with Gasteiger partial charge in [0.2, 0.25) is 5.91 Å². The van der Waals surface area contributed by atoms with Crippen LogP contribution in [-0.4, -0.2) is 31.2 Å². The summed E-state index contributed by atoms with van der Waals surface area (Å²) in [6.07, 6.45) is 2.43. The molecule has 0 radical (unpaired) electrons. The molecular weight excluding hydrogens is 168 g/mol. The van der Waals surface area contributed by atoms with Crippen molar-refractivity contribution in [2.24, 2.45) is 5.73 Å². The zero-order valence-electron chi connectivity index (χ0n) is 8.08. The van der Waals surface area contributed by atoms with Crippen molar-refractivity contribution in [3.05, 3.63) is 0 Å². The average molecular weight is 186 g/mol. The van der Waals surface area contributed by atoms with Gasteiger partial charge in [-0.05, 0) is 32.7 Å². The van der Waals surface area contributed by atoms with Crippen LogP contribution in [0.15, 0.2) is 0 Å². The SMILES string of the molecule is CC(CCN)NC(=O)C1CCCO1. The van der Waals surface area contributed by atoms with E-state index in [-0.39, 0.29) is 18.1 Å². The molecule has 1 fully saturated rings. The van der Waals surface area contributed by atoms with Crippen LogP contribution in [0.1, 0.15) is 26.2 Å². The van der Waals surface area contributed by atoms with Crippen molar-refractivity contribution >= 4 is 5.91 Å². The molecule has 3 N–H and O–H groups in total. The molecule has 4 nitrogen and oxygen atoms in total. The van der Waals surface area contributed by atoms with Crippen molar-refractivity contribution in [1.29, 1.82) is 0 Å². The Labute approximate surface area is 78.8 Å². The Hall–Kier alpha value is -0.610. The highest BCUT2D eigenvalue weighted by atomic mass is 16.5. The minimum absolute atomic E-state index is 0.0125. The maximum absolute atomic E-state index is 11.5. The van der Waals surface area contributed by atoms with Crippen LogP contribution in [0.2, 0.25) is 0 Å². The summed E-state index contributed by atoms with van der Waals surface area (Å²) in [5, 5.41) is 2.88. The third-order valence-corrected chi connectivity index (χ3v) is 2.21. The summed E-state index contributed by atoms with van der Waals surface area (Å²) in [6.45, 7) is 3.27. The first-order chi connectivity index (χ1) is 6.24. The number of nitrogens with one attached hydrogen (secondary N) is 1. The van der Waals surface area contributed by atoms with Gasteiger partial charge in [-0.3, -0.25) is 4.79 Å². The van der Waals surface area contributed by atoms with Gasteiger partial charge in [0.25, 0.3) is 0 Å². The molecule has 76 valence electrons. The van der Waals surface area contributed by atoms with Crippen LogP contribution in [0.3, 0.4) is 0 Å². The van der Waals surface area contributed by atoms with E-state index in [1.807, 2.05) is 6.92 Å². The highest BCUT2D eigenvalue weighted by Crippen LogP contribution is 2.11. The summed E-state index contributed by atoms with van der Waals surface area (Å²) in [6, 6.07) is 0.154. The van der Waals surface area contributed by atoms with Gasteiger partial charge >= 0.3 is 0 Å². The molecule has 1 heterocycles. The second kappa shape index (κ2) is 5.19. The molecule has 0 aromatic carbocycles. The number of nitrogens with two attached hydrogens (primary N) is 1. The van der Waals surface area contributed by atoms with Crippen LogP contribution in [0.4, 0.5) is 0 Å². The molecule has 1 aliphatic rings. The maximum atomic E-state index is 11.5. The zero-order valence-corrected chi connectivity index (χ0v) is 8.08. The van der Waals surface area contributed by atoms with Crippen molar-refractivity contribution < 1.29 is 9.53 Å². The van der Waals surface area contributed by atoms with Gasteiger partial charge in [-0.1, -0.05) is 0 Å². The van der Waals surface area contributed by atoms with E-state index >= 15 is 0 Å². The predicted molar refractivity (Wildman–Crippen MR) is 50.3 cm³/mol. The van der Waals surface area contributed by atoms with E-state index in [1.165, 1.54) is 0 Å². The fraction of sp³-hybridized carbons (Fsp3) is 0.889. The molecule has 0 bridgehead atoms. The molecule has 1 aliphatic heterocycles. The fourth-order valence-corrected chi connectivity index (χ4v) is 1.44. The summed E-state index contributed by atoms with van der Waals surface area (Å²) in [5.74, 6) is 0.0125. The Kier molecular flexibility index (Phi) is 4.18. The lowest BCUT2D eigenvalue weighted by molar-refractivity contribution is -0.130. The molecule has 2 atom stereocenters. The molecule has 1 rings (SSSR count). The van der Waals surface area contributed by atoms with Gasteiger partial charge in [0, 0.05) is 12.6 Å². The van der Waals surface area contributed by atoms with Crippen molar-refractivity contribution in [3.8, 4) is 0 Å². The Bertz CT molecular complexity index is 167. The second-order valence-corrected chi connectivity index (χ2v) is 3.49. The molecule has 4 heteroatoms. The van der Waals surface area contributed by atoms with Gasteiger partial charge in [0.15, 0.2) is 0 Å². The fourth-order valence-electron chi connectivity index (χ4n) is 1.44. The summed E-state index contributed by atoms with van der Waals surface area (Å²) >= 11 is 0. The third kappa shape index (κ3) is 3.32. The van der Waals surface area contributed by atoms with E-state index in [9.17, 15) is 4.79 Å². The van der Waals surface area contributed by atoms with E-state index in [0.717, 1.165) is 19.3 Å². The highest BCUT2D eigenvalue weighted by Gasteiger charge is 2.24. The van der Waals surface area contributed by atoms with Gasteiger partial charge in [-0.2, -0.15) is 0 Å². The summed E-state index contributed by atoms with van der Waals surface area (Å²) in [7, 11) is 0. The first-order valence-electron chi connectivity index (χ1n) is 4.86. The number of hydrogen-bond donors (Lipinski definition) is 2. The highest BCUT2D eigenvalue weighted by molar-refractivity contribution is 5.81. The van der Waals surface area contributed by atoms with E-state index in [0.29, 0.717) is 13.2 Å². The molecule has 0 spiro atoms. The van der Waals surface area contributed by atoms with Gasteiger partial charge in [-0.15, -0.1) is 0 Å². The Morgan fingerprint density at radius 2 is 2.54 bits per heavy atom. The van der Waals surface area contributed by atoms with Crippen LogP contribution in [0.5, 0.6) is 0 Å². The van der Waals surface area contributed by atoms with Crippen LogP contribution < -0.4 is 11.1 Å². The van der Waals surface area contributed by atoms with Gasteiger partial charge in [0.1, 0.15) is 6.10 Å². The first kappa shape index (κ1) is 10.5. The average Bonchev–Trinajstić information content (AvgIpc) is 2.55. The van der Waals surface area contributed by atoms with Gasteiger partial charge in [-0.25, -0.2) is 0 Å². The topological polar surface area (TPSA) is 64.3 Å². The normalized spacial score (nSPS) is 24.3. The van der Waals surface area contributed by atoms with E-state index in [1.54, 1.807) is 0 Å². The predicted octanol–water partition coefficient (Wildman–Crippen LogP) is 0.0189. The number of hydrogen-bond acceptors (Lipinski definition) is 3. The van der Waals surface area contributed by atoms with Gasteiger partial charge < -0.3 is 15.8 Å². The maximum Gasteiger partial charge on any atom is 0.249 e. The monoisotopic (exact) mass is 186 g/mol. The summed E-state index contributed by atoms with van der Waals surface area (Å²) in [4.78, 5) is 11.5. The number of ether oxygens (including phenoxy) is 1. The third-order valence-electron chi connectivity index (χ3n) is 2.21. The molecule has 0 saturated carbocycles. The lowest BCUT2D eigenvalue weighted by Gasteiger charge is -2.15. The standard InChI is InChI=1S/C9H18N2O2/c1-7(4-5-10)11-9(12)8-3-2-6-13-8/h7-8H,2-6,10H2,1H3,(H,11,12). The van der Waals surface area contributed by atoms with Crippen molar-refractivity contribution in [2.45, 2.75) is 38.3 Å². The van der Waals surface area contributed by atoms with Crippen molar-refractivity contribution in [3.63, 3.8) is 0 Å². The number of carbonyl (C=O) groups is 1. The Morgan fingerprint density at radius 1 is 1.77 bits per heavy atom. The Morgan fingerprint density at radius 3 is 3.08 bits per heavy atom. The van der Waals surface area contributed by atoms with Gasteiger partial charge in [0.05, 0.1) is 0 Å². The van der Waals surface area contributed by atoms with E-state index < -0.39 is 0 Å². The number of amides is 1. The quantitative estimate of drug-likeness (QED) is 0.650. The van der Waals surface area contributed by atoms with Crippen LogP contribution in [0.25, 0.3) is 0 Å². The molecule has 0 aromatic heterocycles. The molecule has 13 heavy (non-hydrogen) atoms. The van der Waals surface area contributed by atoms with Crippen molar-refractivity contribution in [2.75, 3.05) is 13.2 Å². The lowest BCUT2D eigenvalue weighted by atomic mass is 10.2. The molecule has 0 aromatic rings. The lowest BCUT2D eigenvalue weighted by Crippen LogP contribution is -2.40. The molecular formula is C9H18N2O2. The first-order valence-corrected chi connectivity index (χ1v) is 4.86. The number of rotatable bonds is 4. The molecule has 1 saturated heterocycles.